The molecule has 2 aliphatic rings. The molecule has 104 valence electrons. The number of nitrogens with zero attached hydrogens (tertiary/aromatic N) is 1. The SMILES string of the molecule is O=C1NC(C(=O)N2c3ccccc3CC2C(=O)O)CS1. The highest BCUT2D eigenvalue weighted by Gasteiger charge is 2.42. The minimum Gasteiger partial charge on any atom is -0.480 e. The topological polar surface area (TPSA) is 86.7 Å². The Hall–Kier alpha value is -2.02. The van der Waals surface area contributed by atoms with Crippen molar-refractivity contribution < 1.29 is 19.5 Å². The van der Waals surface area contributed by atoms with Crippen molar-refractivity contribution in [1.82, 2.24) is 5.32 Å². The summed E-state index contributed by atoms with van der Waals surface area (Å²) in [6.45, 7) is 0. The monoisotopic (exact) mass is 292 g/mol. The average molecular weight is 292 g/mol. The highest BCUT2D eigenvalue weighted by molar-refractivity contribution is 8.14. The molecule has 1 aromatic rings. The zero-order valence-corrected chi connectivity index (χ0v) is 11.2. The molecule has 2 amide bonds. The number of para-hydroxylation sites is 1. The maximum absolute atomic E-state index is 12.5. The standard InChI is InChI=1S/C13H12N2O4S/c16-11(8-6-20-13(19)14-8)15-9-4-2-1-3-7(9)5-10(15)12(17)18/h1-4,8,10H,5-6H2,(H,14,19)(H,17,18). The number of amides is 2. The smallest absolute Gasteiger partial charge is 0.327 e. The summed E-state index contributed by atoms with van der Waals surface area (Å²) in [5.41, 5.74) is 1.46. The Bertz CT molecular complexity index is 604. The van der Waals surface area contributed by atoms with Crippen molar-refractivity contribution >= 4 is 34.6 Å². The number of carboxylic acids is 1. The van der Waals surface area contributed by atoms with Gasteiger partial charge >= 0.3 is 5.97 Å². The van der Waals surface area contributed by atoms with Crippen molar-refractivity contribution in [3.8, 4) is 0 Å². The normalized spacial score (nSPS) is 24.4. The molecule has 0 saturated carbocycles. The number of anilines is 1. The molecule has 20 heavy (non-hydrogen) atoms. The van der Waals surface area contributed by atoms with Gasteiger partial charge in [0.1, 0.15) is 12.1 Å². The maximum Gasteiger partial charge on any atom is 0.327 e. The van der Waals surface area contributed by atoms with E-state index in [1.54, 1.807) is 12.1 Å². The molecule has 7 heteroatoms. The number of carbonyl (C=O) groups excluding carboxylic acids is 2. The van der Waals surface area contributed by atoms with Crippen LogP contribution in [-0.4, -0.2) is 40.1 Å². The van der Waals surface area contributed by atoms with Crippen molar-refractivity contribution in [3.63, 3.8) is 0 Å². The third-order valence-corrected chi connectivity index (χ3v) is 4.35. The lowest BCUT2D eigenvalue weighted by Gasteiger charge is -2.25. The van der Waals surface area contributed by atoms with Gasteiger partial charge in [0, 0.05) is 17.9 Å². The van der Waals surface area contributed by atoms with Gasteiger partial charge in [0.25, 0.3) is 11.1 Å². The summed E-state index contributed by atoms with van der Waals surface area (Å²) in [6, 6.07) is 5.59. The lowest BCUT2D eigenvalue weighted by molar-refractivity contribution is -0.140. The number of carbonyl (C=O) groups is 3. The van der Waals surface area contributed by atoms with Crippen molar-refractivity contribution in [3.05, 3.63) is 29.8 Å². The van der Waals surface area contributed by atoms with Gasteiger partial charge in [-0.3, -0.25) is 14.5 Å². The Balaban J connectivity index is 1.94. The molecule has 2 heterocycles. The van der Waals surface area contributed by atoms with Crippen LogP contribution in [0.5, 0.6) is 0 Å². The van der Waals surface area contributed by atoms with Crippen LogP contribution in [-0.2, 0) is 16.0 Å². The van der Waals surface area contributed by atoms with Crippen molar-refractivity contribution in [2.24, 2.45) is 0 Å². The fourth-order valence-electron chi connectivity index (χ4n) is 2.54. The van der Waals surface area contributed by atoms with Crippen LogP contribution in [0, 0.1) is 0 Å². The quantitative estimate of drug-likeness (QED) is 0.844. The molecule has 2 unspecified atom stereocenters. The summed E-state index contributed by atoms with van der Waals surface area (Å²) in [4.78, 5) is 36.4. The van der Waals surface area contributed by atoms with Gasteiger partial charge in [-0.15, -0.1) is 0 Å². The van der Waals surface area contributed by atoms with Crippen molar-refractivity contribution in [1.29, 1.82) is 0 Å². The molecule has 1 saturated heterocycles. The first-order chi connectivity index (χ1) is 9.58. The van der Waals surface area contributed by atoms with Gasteiger partial charge in [0.15, 0.2) is 0 Å². The number of aliphatic carboxylic acids is 1. The van der Waals surface area contributed by atoms with E-state index in [0.29, 0.717) is 17.9 Å². The number of rotatable bonds is 2. The van der Waals surface area contributed by atoms with Crippen LogP contribution in [0.1, 0.15) is 5.56 Å². The minimum absolute atomic E-state index is 0.247. The Labute approximate surface area is 119 Å². The molecule has 2 aliphatic heterocycles. The number of hydrogen-bond acceptors (Lipinski definition) is 4. The first-order valence-electron chi connectivity index (χ1n) is 6.15. The van der Waals surface area contributed by atoms with E-state index in [0.717, 1.165) is 17.3 Å². The summed E-state index contributed by atoms with van der Waals surface area (Å²) < 4.78 is 0. The predicted octanol–water partition coefficient (Wildman–Crippen LogP) is 0.854. The van der Waals surface area contributed by atoms with Crippen LogP contribution in [0.2, 0.25) is 0 Å². The molecular formula is C13H12N2O4S. The van der Waals surface area contributed by atoms with Gasteiger partial charge in [-0.25, -0.2) is 4.79 Å². The first-order valence-corrected chi connectivity index (χ1v) is 7.13. The average Bonchev–Trinajstić information content (AvgIpc) is 3.01. The highest BCUT2D eigenvalue weighted by Crippen LogP contribution is 2.33. The van der Waals surface area contributed by atoms with E-state index < -0.39 is 18.1 Å². The van der Waals surface area contributed by atoms with Crippen LogP contribution >= 0.6 is 11.8 Å². The molecule has 0 radical (unpaired) electrons. The molecule has 1 fully saturated rings. The second kappa shape index (κ2) is 4.82. The number of nitrogens with one attached hydrogen (secondary N) is 1. The Morgan fingerprint density at radius 1 is 1.35 bits per heavy atom. The molecule has 2 atom stereocenters. The summed E-state index contributed by atoms with van der Waals surface area (Å²) >= 11 is 1.04. The van der Waals surface area contributed by atoms with Gasteiger partial charge in [0.2, 0.25) is 0 Å². The van der Waals surface area contributed by atoms with Gasteiger partial charge in [-0.1, -0.05) is 30.0 Å². The van der Waals surface area contributed by atoms with Gasteiger partial charge < -0.3 is 10.4 Å². The second-order valence-electron chi connectivity index (χ2n) is 4.69. The van der Waals surface area contributed by atoms with E-state index in [2.05, 4.69) is 5.32 Å². The molecule has 2 N–H and O–H groups in total. The molecule has 0 aliphatic carbocycles. The molecule has 0 bridgehead atoms. The Morgan fingerprint density at radius 3 is 2.75 bits per heavy atom. The number of thioether (sulfide) groups is 1. The van der Waals surface area contributed by atoms with Crippen LogP contribution in [0.4, 0.5) is 10.5 Å². The van der Waals surface area contributed by atoms with Gasteiger partial charge in [-0.05, 0) is 11.6 Å². The zero-order valence-electron chi connectivity index (χ0n) is 10.4. The number of benzene rings is 1. The maximum atomic E-state index is 12.5. The zero-order chi connectivity index (χ0) is 14.3. The third kappa shape index (κ3) is 2.03. The Morgan fingerprint density at radius 2 is 2.10 bits per heavy atom. The molecular weight excluding hydrogens is 280 g/mol. The van der Waals surface area contributed by atoms with Crippen LogP contribution in [0.15, 0.2) is 24.3 Å². The van der Waals surface area contributed by atoms with Gasteiger partial charge in [-0.2, -0.15) is 0 Å². The van der Waals surface area contributed by atoms with Crippen molar-refractivity contribution in [2.45, 2.75) is 18.5 Å². The Kier molecular flexibility index (Phi) is 3.13. The van der Waals surface area contributed by atoms with Gasteiger partial charge in [0.05, 0.1) is 0 Å². The summed E-state index contributed by atoms with van der Waals surface area (Å²) in [5, 5.41) is 11.6. The lowest BCUT2D eigenvalue weighted by atomic mass is 10.1. The van der Waals surface area contributed by atoms with Crippen LogP contribution in [0.25, 0.3) is 0 Å². The second-order valence-corrected chi connectivity index (χ2v) is 5.68. The summed E-state index contributed by atoms with van der Waals surface area (Å²) in [5.74, 6) is -1.06. The number of hydrogen-bond donors (Lipinski definition) is 2. The highest BCUT2D eigenvalue weighted by atomic mass is 32.2. The largest absolute Gasteiger partial charge is 0.480 e. The van der Waals surface area contributed by atoms with E-state index in [9.17, 15) is 19.5 Å². The number of fused-ring (bicyclic) bond motifs is 1. The molecule has 6 nitrogen and oxygen atoms in total. The molecule has 3 rings (SSSR count). The molecule has 0 aromatic heterocycles. The van der Waals surface area contributed by atoms with E-state index in [1.807, 2.05) is 12.1 Å². The fourth-order valence-corrected chi connectivity index (χ4v) is 3.31. The summed E-state index contributed by atoms with van der Waals surface area (Å²) in [7, 11) is 0. The van der Waals surface area contributed by atoms with E-state index in [4.69, 9.17) is 0 Å². The van der Waals surface area contributed by atoms with Crippen molar-refractivity contribution in [2.75, 3.05) is 10.7 Å². The van der Waals surface area contributed by atoms with E-state index in [-0.39, 0.29) is 11.1 Å². The molecule has 0 spiro atoms. The van der Waals surface area contributed by atoms with Crippen LogP contribution < -0.4 is 10.2 Å². The fraction of sp³-hybridized carbons (Fsp3) is 0.308. The minimum atomic E-state index is -1.04. The van der Waals surface area contributed by atoms with E-state index >= 15 is 0 Å². The predicted molar refractivity (Wildman–Crippen MR) is 73.8 cm³/mol. The third-order valence-electron chi connectivity index (χ3n) is 3.47. The molecule has 1 aromatic carbocycles. The summed E-state index contributed by atoms with van der Waals surface area (Å²) in [6.07, 6.45) is 0.297. The van der Waals surface area contributed by atoms with Crippen LogP contribution in [0.3, 0.4) is 0 Å². The number of carboxylic acid groups (broad SMARTS) is 1. The first kappa shape index (κ1) is 13.0. The van der Waals surface area contributed by atoms with E-state index in [1.165, 1.54) is 4.90 Å². The lowest BCUT2D eigenvalue weighted by Crippen LogP contribution is -2.51.